The minimum Gasteiger partial charge on any atom is -0.396 e. The van der Waals surface area contributed by atoms with Crippen LogP contribution in [0.4, 0.5) is 0 Å². The van der Waals surface area contributed by atoms with Crippen molar-refractivity contribution in [1.82, 2.24) is 0 Å². The highest BCUT2D eigenvalue weighted by Crippen LogP contribution is 2.26. The third-order valence-electron chi connectivity index (χ3n) is 2.44. The summed E-state index contributed by atoms with van der Waals surface area (Å²) in [6.07, 6.45) is 0. The van der Waals surface area contributed by atoms with Crippen molar-refractivity contribution < 1.29 is 5.11 Å². The number of aryl methyl sites for hydroxylation is 3. The van der Waals surface area contributed by atoms with Crippen LogP contribution in [0, 0.1) is 20.8 Å². The van der Waals surface area contributed by atoms with Gasteiger partial charge in [-0.25, -0.2) is 0 Å². The molecule has 1 aromatic carbocycles. The summed E-state index contributed by atoms with van der Waals surface area (Å²) in [5.74, 6) is 0. The van der Waals surface area contributed by atoms with E-state index in [-0.39, 0.29) is 6.61 Å². The van der Waals surface area contributed by atoms with E-state index in [4.69, 9.17) is 10.6 Å². The predicted molar refractivity (Wildman–Crippen MR) is 59.6 cm³/mol. The molecule has 4 nitrogen and oxygen atoms in total. The van der Waals surface area contributed by atoms with Gasteiger partial charge in [0.25, 0.3) is 0 Å². The highest BCUT2D eigenvalue weighted by molar-refractivity contribution is 5.39. The maximum Gasteiger partial charge on any atom is 0.0861 e. The number of azide groups is 1. The summed E-state index contributed by atoms with van der Waals surface area (Å²) in [5, 5.41) is 12.8. The number of aliphatic hydroxyl groups is 1. The van der Waals surface area contributed by atoms with Gasteiger partial charge in [0.05, 0.1) is 12.6 Å². The number of benzene rings is 1. The zero-order valence-corrected chi connectivity index (χ0v) is 9.23. The molecule has 0 bridgehead atoms. The van der Waals surface area contributed by atoms with Gasteiger partial charge in [0.15, 0.2) is 0 Å². The molecule has 0 aliphatic heterocycles. The van der Waals surface area contributed by atoms with Crippen LogP contribution in [0.1, 0.15) is 28.3 Å². The summed E-state index contributed by atoms with van der Waals surface area (Å²) >= 11 is 0. The second-order valence-corrected chi connectivity index (χ2v) is 3.72. The lowest BCUT2D eigenvalue weighted by molar-refractivity contribution is 0.267. The van der Waals surface area contributed by atoms with Gasteiger partial charge in [-0.2, -0.15) is 0 Å². The number of hydrogen-bond acceptors (Lipinski definition) is 2. The average molecular weight is 205 g/mol. The first-order chi connectivity index (χ1) is 7.10. The van der Waals surface area contributed by atoms with E-state index >= 15 is 0 Å². The summed E-state index contributed by atoms with van der Waals surface area (Å²) < 4.78 is 0. The molecular formula is C11H15N3O. The molecule has 1 unspecified atom stereocenters. The Bertz CT molecular complexity index is 385. The molecule has 0 saturated carbocycles. The SMILES string of the molecule is Cc1cc(C)c(C(CO)N=[N+]=[N-])c(C)c1. The van der Waals surface area contributed by atoms with Gasteiger partial charge in [-0.1, -0.05) is 22.8 Å². The monoisotopic (exact) mass is 205 g/mol. The van der Waals surface area contributed by atoms with Gasteiger partial charge >= 0.3 is 0 Å². The van der Waals surface area contributed by atoms with Gasteiger partial charge in [-0.05, 0) is 43.0 Å². The molecule has 0 spiro atoms. The van der Waals surface area contributed by atoms with Crippen LogP contribution < -0.4 is 0 Å². The molecule has 1 N–H and O–H groups in total. The van der Waals surface area contributed by atoms with Gasteiger partial charge in [0.1, 0.15) is 0 Å². The van der Waals surface area contributed by atoms with Crippen LogP contribution in [-0.4, -0.2) is 11.7 Å². The third-order valence-corrected chi connectivity index (χ3v) is 2.44. The Labute approximate surface area is 89.2 Å². The van der Waals surface area contributed by atoms with Gasteiger partial charge in [-0.15, -0.1) is 0 Å². The molecule has 0 fully saturated rings. The van der Waals surface area contributed by atoms with E-state index in [2.05, 4.69) is 10.0 Å². The van der Waals surface area contributed by atoms with Gasteiger partial charge in [0, 0.05) is 4.91 Å². The molecule has 1 atom stereocenters. The minimum atomic E-state index is -0.476. The Hall–Kier alpha value is -1.51. The van der Waals surface area contributed by atoms with Crippen LogP contribution in [-0.2, 0) is 0 Å². The number of hydrogen-bond donors (Lipinski definition) is 1. The van der Waals surface area contributed by atoms with E-state index in [1.165, 1.54) is 5.56 Å². The molecule has 0 aromatic heterocycles. The predicted octanol–water partition coefficient (Wildman–Crippen LogP) is 2.96. The fourth-order valence-corrected chi connectivity index (χ4v) is 1.96. The summed E-state index contributed by atoms with van der Waals surface area (Å²) in [7, 11) is 0. The second kappa shape index (κ2) is 4.82. The van der Waals surface area contributed by atoms with Crippen molar-refractivity contribution in [3.05, 3.63) is 44.8 Å². The maximum absolute atomic E-state index is 9.16. The van der Waals surface area contributed by atoms with Gasteiger partial charge in [-0.3, -0.25) is 0 Å². The largest absolute Gasteiger partial charge is 0.396 e. The number of rotatable bonds is 3. The normalized spacial score (nSPS) is 12.0. The molecule has 15 heavy (non-hydrogen) atoms. The Morgan fingerprint density at radius 2 is 1.87 bits per heavy atom. The quantitative estimate of drug-likeness (QED) is 0.460. The summed E-state index contributed by atoms with van der Waals surface area (Å²) in [5.41, 5.74) is 12.6. The molecule has 0 aliphatic carbocycles. The summed E-state index contributed by atoms with van der Waals surface area (Å²) in [6.45, 7) is 5.79. The standard InChI is InChI=1S/C11H15N3O/c1-7-4-8(2)11(9(3)5-7)10(6-15)13-14-12/h4-5,10,15H,6H2,1-3H3. The zero-order valence-electron chi connectivity index (χ0n) is 9.23. The molecule has 0 radical (unpaired) electrons. The van der Waals surface area contributed by atoms with E-state index in [1.807, 2.05) is 32.9 Å². The Morgan fingerprint density at radius 1 is 1.33 bits per heavy atom. The van der Waals surface area contributed by atoms with Crippen molar-refractivity contribution in [2.45, 2.75) is 26.8 Å². The summed E-state index contributed by atoms with van der Waals surface area (Å²) in [6, 6.07) is 3.58. The topological polar surface area (TPSA) is 69.0 Å². The van der Waals surface area contributed by atoms with Crippen LogP contribution >= 0.6 is 0 Å². The molecule has 0 aliphatic rings. The molecule has 0 amide bonds. The highest BCUT2D eigenvalue weighted by Gasteiger charge is 2.13. The van der Waals surface area contributed by atoms with Crippen molar-refractivity contribution in [3.63, 3.8) is 0 Å². The van der Waals surface area contributed by atoms with Gasteiger partial charge in [0.2, 0.25) is 0 Å². The molecule has 1 aromatic rings. The molecule has 0 heterocycles. The van der Waals surface area contributed by atoms with Crippen molar-refractivity contribution in [1.29, 1.82) is 0 Å². The van der Waals surface area contributed by atoms with Crippen LogP contribution in [0.15, 0.2) is 17.2 Å². The lowest BCUT2D eigenvalue weighted by Crippen LogP contribution is -2.05. The van der Waals surface area contributed by atoms with Crippen LogP contribution in [0.2, 0.25) is 0 Å². The van der Waals surface area contributed by atoms with Crippen molar-refractivity contribution in [2.24, 2.45) is 5.11 Å². The molecule has 0 saturated heterocycles. The van der Waals surface area contributed by atoms with Crippen molar-refractivity contribution in [3.8, 4) is 0 Å². The number of nitrogens with zero attached hydrogens (tertiary/aromatic N) is 3. The van der Waals surface area contributed by atoms with E-state index < -0.39 is 6.04 Å². The Kier molecular flexibility index (Phi) is 3.72. The van der Waals surface area contributed by atoms with Crippen LogP contribution in [0.25, 0.3) is 10.4 Å². The van der Waals surface area contributed by atoms with E-state index in [0.29, 0.717) is 0 Å². The lowest BCUT2D eigenvalue weighted by Gasteiger charge is -2.15. The highest BCUT2D eigenvalue weighted by atomic mass is 16.3. The van der Waals surface area contributed by atoms with Crippen LogP contribution in [0.3, 0.4) is 0 Å². The fraction of sp³-hybridized carbons (Fsp3) is 0.455. The zero-order chi connectivity index (χ0) is 11.4. The summed E-state index contributed by atoms with van der Waals surface area (Å²) in [4.78, 5) is 2.75. The second-order valence-electron chi connectivity index (χ2n) is 3.72. The number of aliphatic hydroxyl groups excluding tert-OH is 1. The van der Waals surface area contributed by atoms with Crippen LogP contribution in [0.5, 0.6) is 0 Å². The molecule has 4 heteroatoms. The fourth-order valence-electron chi connectivity index (χ4n) is 1.96. The molecule has 1 rings (SSSR count). The first kappa shape index (κ1) is 11.6. The van der Waals surface area contributed by atoms with Crippen molar-refractivity contribution in [2.75, 3.05) is 6.61 Å². The third kappa shape index (κ3) is 2.49. The van der Waals surface area contributed by atoms with E-state index in [1.54, 1.807) is 0 Å². The smallest absolute Gasteiger partial charge is 0.0861 e. The first-order valence-corrected chi connectivity index (χ1v) is 4.83. The Morgan fingerprint density at radius 3 is 2.27 bits per heavy atom. The lowest BCUT2D eigenvalue weighted by atomic mass is 9.95. The van der Waals surface area contributed by atoms with Gasteiger partial charge < -0.3 is 5.11 Å². The van der Waals surface area contributed by atoms with Crippen molar-refractivity contribution >= 4 is 0 Å². The van der Waals surface area contributed by atoms with E-state index in [9.17, 15) is 0 Å². The minimum absolute atomic E-state index is 0.158. The molecule has 80 valence electrons. The maximum atomic E-state index is 9.16. The van der Waals surface area contributed by atoms with E-state index in [0.717, 1.165) is 16.7 Å². The molecular weight excluding hydrogens is 190 g/mol. The average Bonchev–Trinajstić information content (AvgIpc) is 2.14. The first-order valence-electron chi connectivity index (χ1n) is 4.83. The Balaban J connectivity index is 3.28.